The van der Waals surface area contributed by atoms with Gasteiger partial charge < -0.3 is 5.11 Å². The molecule has 2 unspecified atom stereocenters. The van der Waals surface area contributed by atoms with Crippen molar-refractivity contribution in [2.45, 2.75) is 18.4 Å². The molecule has 1 aromatic rings. The largest absolute Gasteiger partial charge is 0.384 e. The van der Waals surface area contributed by atoms with Crippen LogP contribution < -0.4 is 0 Å². The Morgan fingerprint density at radius 1 is 1.00 bits per heavy atom. The number of fused-ring (bicyclic) bond motifs is 2. The van der Waals surface area contributed by atoms with E-state index in [2.05, 4.69) is 12.2 Å². The van der Waals surface area contributed by atoms with Gasteiger partial charge in [0, 0.05) is 11.8 Å². The molecule has 0 amide bonds. The fraction of sp³-hybridized carbons (Fsp3) is 0.385. The van der Waals surface area contributed by atoms with Crippen molar-refractivity contribution in [1.82, 2.24) is 0 Å². The van der Waals surface area contributed by atoms with Gasteiger partial charge in [0.1, 0.15) is 5.60 Å². The van der Waals surface area contributed by atoms with E-state index < -0.39 is 5.60 Å². The smallest absolute Gasteiger partial charge is 0.102 e. The van der Waals surface area contributed by atoms with Crippen LogP contribution in [0.25, 0.3) is 0 Å². The lowest BCUT2D eigenvalue weighted by Gasteiger charge is -2.29. The third-order valence-electron chi connectivity index (χ3n) is 3.73. The lowest BCUT2D eigenvalue weighted by atomic mass is 9.83. The zero-order valence-corrected chi connectivity index (χ0v) is 8.06. The zero-order valence-electron chi connectivity index (χ0n) is 8.06. The normalized spacial score (nSPS) is 39.2. The summed E-state index contributed by atoms with van der Waals surface area (Å²) >= 11 is 0. The van der Waals surface area contributed by atoms with Gasteiger partial charge in [0.25, 0.3) is 0 Å². The topological polar surface area (TPSA) is 20.2 Å². The first-order chi connectivity index (χ1) is 6.82. The molecule has 1 heteroatoms. The summed E-state index contributed by atoms with van der Waals surface area (Å²) in [6.45, 7) is 0. The average Bonchev–Trinajstić information content (AvgIpc) is 2.75. The molecule has 2 aliphatic rings. The maximum absolute atomic E-state index is 10.7. The van der Waals surface area contributed by atoms with Gasteiger partial charge in [-0.15, -0.1) is 0 Å². The lowest BCUT2D eigenvalue weighted by Crippen LogP contribution is -2.31. The van der Waals surface area contributed by atoms with Crippen LogP contribution >= 0.6 is 0 Å². The number of hydrogen-bond donors (Lipinski definition) is 1. The van der Waals surface area contributed by atoms with Crippen molar-refractivity contribution in [2.75, 3.05) is 0 Å². The van der Waals surface area contributed by atoms with Crippen LogP contribution in [-0.4, -0.2) is 5.11 Å². The molecule has 72 valence electrons. The molecule has 1 fully saturated rings. The van der Waals surface area contributed by atoms with Crippen molar-refractivity contribution < 1.29 is 5.11 Å². The van der Waals surface area contributed by atoms with Crippen LogP contribution in [0, 0.1) is 11.8 Å². The van der Waals surface area contributed by atoms with Gasteiger partial charge >= 0.3 is 0 Å². The Hall–Kier alpha value is -1.08. The van der Waals surface area contributed by atoms with Gasteiger partial charge in [-0.05, 0) is 18.4 Å². The van der Waals surface area contributed by atoms with E-state index in [-0.39, 0.29) is 0 Å². The minimum Gasteiger partial charge on any atom is -0.384 e. The second kappa shape index (κ2) is 2.71. The van der Waals surface area contributed by atoms with E-state index in [1.54, 1.807) is 0 Å². The second-order valence-electron chi connectivity index (χ2n) is 4.37. The average molecular weight is 186 g/mol. The molecule has 0 aromatic heterocycles. The van der Waals surface area contributed by atoms with Crippen molar-refractivity contribution in [1.29, 1.82) is 0 Å². The van der Waals surface area contributed by atoms with Crippen LogP contribution in [0.4, 0.5) is 0 Å². The third kappa shape index (κ3) is 0.881. The van der Waals surface area contributed by atoms with Gasteiger partial charge in [-0.3, -0.25) is 0 Å². The minimum absolute atomic E-state index is 0.342. The van der Waals surface area contributed by atoms with Gasteiger partial charge in [0.2, 0.25) is 0 Å². The molecule has 2 bridgehead atoms. The number of rotatable bonds is 1. The molecule has 1 N–H and O–H groups in total. The summed E-state index contributed by atoms with van der Waals surface area (Å²) in [6.07, 6.45) is 6.63. The predicted molar refractivity (Wildman–Crippen MR) is 55.7 cm³/mol. The van der Waals surface area contributed by atoms with E-state index in [4.69, 9.17) is 0 Å². The summed E-state index contributed by atoms with van der Waals surface area (Å²) in [4.78, 5) is 0. The summed E-state index contributed by atoms with van der Waals surface area (Å²) < 4.78 is 0. The van der Waals surface area contributed by atoms with E-state index >= 15 is 0 Å². The highest BCUT2D eigenvalue weighted by molar-refractivity contribution is 5.33. The van der Waals surface area contributed by atoms with Crippen molar-refractivity contribution in [2.24, 2.45) is 11.8 Å². The highest BCUT2D eigenvalue weighted by Crippen LogP contribution is 2.53. The zero-order chi connectivity index (χ0) is 9.60. The van der Waals surface area contributed by atoms with E-state index in [1.165, 1.54) is 0 Å². The molecule has 0 saturated heterocycles. The van der Waals surface area contributed by atoms with Crippen molar-refractivity contribution in [3.8, 4) is 0 Å². The summed E-state index contributed by atoms with van der Waals surface area (Å²) in [5.74, 6) is 0.685. The van der Waals surface area contributed by atoms with Crippen LogP contribution in [0.15, 0.2) is 42.5 Å². The van der Waals surface area contributed by atoms with Crippen LogP contribution in [0.1, 0.15) is 18.4 Å². The Morgan fingerprint density at radius 3 is 2.07 bits per heavy atom. The molecule has 0 aliphatic heterocycles. The highest BCUT2D eigenvalue weighted by atomic mass is 16.3. The number of aliphatic hydroxyl groups is 1. The molecule has 3 rings (SSSR count). The Morgan fingerprint density at radius 2 is 1.57 bits per heavy atom. The van der Waals surface area contributed by atoms with Crippen molar-refractivity contribution in [3.05, 3.63) is 48.0 Å². The van der Waals surface area contributed by atoms with Crippen LogP contribution in [0.3, 0.4) is 0 Å². The first-order valence-electron chi connectivity index (χ1n) is 5.28. The van der Waals surface area contributed by atoms with Crippen LogP contribution in [-0.2, 0) is 5.60 Å². The molecule has 0 spiro atoms. The molecule has 1 saturated carbocycles. The standard InChI is InChI=1S/C13H14O/c14-13(10-4-2-1-3-5-10)11-6-7-12(13)9-8-11/h1-7,11-12,14H,8-9H2. The van der Waals surface area contributed by atoms with Gasteiger partial charge in [-0.25, -0.2) is 0 Å². The van der Waals surface area contributed by atoms with Gasteiger partial charge in [-0.1, -0.05) is 42.5 Å². The molecular formula is C13H14O. The van der Waals surface area contributed by atoms with Crippen LogP contribution in [0.2, 0.25) is 0 Å². The molecule has 1 nitrogen and oxygen atoms in total. The molecule has 14 heavy (non-hydrogen) atoms. The Labute approximate surface area is 84.1 Å². The first-order valence-corrected chi connectivity index (χ1v) is 5.28. The summed E-state index contributed by atoms with van der Waals surface area (Å²) in [6, 6.07) is 10.1. The summed E-state index contributed by atoms with van der Waals surface area (Å²) in [5.41, 5.74) is 0.485. The van der Waals surface area contributed by atoms with E-state index in [0.717, 1.165) is 18.4 Å². The fourth-order valence-electron chi connectivity index (χ4n) is 2.96. The predicted octanol–water partition coefficient (Wildman–Crippen LogP) is 2.47. The van der Waals surface area contributed by atoms with E-state index in [1.807, 2.05) is 30.3 Å². The molecular weight excluding hydrogens is 172 g/mol. The Bertz CT molecular complexity index is 352. The van der Waals surface area contributed by atoms with Crippen molar-refractivity contribution in [3.63, 3.8) is 0 Å². The number of hydrogen-bond acceptors (Lipinski definition) is 1. The van der Waals surface area contributed by atoms with Gasteiger partial charge in [0.15, 0.2) is 0 Å². The second-order valence-corrected chi connectivity index (χ2v) is 4.37. The SMILES string of the molecule is OC1(c2ccccc2)C2C=CC1CC2. The third-order valence-corrected chi connectivity index (χ3v) is 3.73. The highest BCUT2D eigenvalue weighted by Gasteiger charge is 2.51. The van der Waals surface area contributed by atoms with E-state index in [0.29, 0.717) is 11.8 Å². The lowest BCUT2D eigenvalue weighted by molar-refractivity contribution is -0.00179. The van der Waals surface area contributed by atoms with Crippen molar-refractivity contribution >= 4 is 0 Å². The number of benzene rings is 1. The fourth-order valence-corrected chi connectivity index (χ4v) is 2.96. The summed E-state index contributed by atoms with van der Waals surface area (Å²) in [7, 11) is 0. The minimum atomic E-state index is -0.596. The van der Waals surface area contributed by atoms with Gasteiger partial charge in [-0.2, -0.15) is 0 Å². The molecule has 2 aliphatic carbocycles. The maximum atomic E-state index is 10.7. The molecule has 1 aromatic carbocycles. The monoisotopic (exact) mass is 186 g/mol. The van der Waals surface area contributed by atoms with E-state index in [9.17, 15) is 5.11 Å². The Kier molecular flexibility index (Phi) is 1.59. The molecule has 0 radical (unpaired) electrons. The Balaban J connectivity index is 2.07. The molecule has 0 heterocycles. The summed E-state index contributed by atoms with van der Waals surface area (Å²) in [5, 5.41) is 10.7. The molecule has 2 atom stereocenters. The maximum Gasteiger partial charge on any atom is 0.102 e. The quantitative estimate of drug-likeness (QED) is 0.668. The first kappa shape index (κ1) is 8.25. The van der Waals surface area contributed by atoms with Gasteiger partial charge in [0.05, 0.1) is 0 Å². The van der Waals surface area contributed by atoms with Crippen LogP contribution in [0.5, 0.6) is 0 Å².